The molecule has 0 aliphatic carbocycles. The van der Waals surface area contributed by atoms with Gasteiger partial charge in [-0.05, 0) is 18.9 Å². The lowest BCUT2D eigenvalue weighted by Gasteiger charge is -2.32. The molecule has 0 radical (unpaired) electrons. The molecule has 1 aliphatic rings. The SMILES string of the molecule is COC(=O)[C@H]1CCCN(c2ncc(C(N)=O)cc2Cl)C1. The molecule has 2 N–H and O–H groups in total. The monoisotopic (exact) mass is 297 g/mol. The molecule has 108 valence electrons. The highest BCUT2D eigenvalue weighted by atomic mass is 35.5. The van der Waals surface area contributed by atoms with Crippen LogP contribution in [0.1, 0.15) is 23.2 Å². The van der Waals surface area contributed by atoms with E-state index in [0.717, 1.165) is 19.4 Å². The lowest BCUT2D eigenvalue weighted by molar-refractivity contribution is -0.145. The van der Waals surface area contributed by atoms with Gasteiger partial charge >= 0.3 is 5.97 Å². The normalized spacial score (nSPS) is 18.7. The average Bonchev–Trinajstić information content (AvgIpc) is 2.46. The van der Waals surface area contributed by atoms with Crippen molar-refractivity contribution in [3.8, 4) is 0 Å². The third-order valence-electron chi connectivity index (χ3n) is 3.36. The number of nitrogens with zero attached hydrogens (tertiary/aromatic N) is 2. The number of primary amides is 1. The first kappa shape index (κ1) is 14.6. The molecule has 20 heavy (non-hydrogen) atoms. The number of halogens is 1. The van der Waals surface area contributed by atoms with Gasteiger partial charge < -0.3 is 15.4 Å². The highest BCUT2D eigenvalue weighted by Gasteiger charge is 2.28. The standard InChI is InChI=1S/C13H16ClN3O3/c1-20-13(19)8-3-2-4-17(7-8)12-10(14)5-9(6-16-12)11(15)18/h5-6,8H,2-4,7H2,1H3,(H2,15,18)/t8-/m0/s1. The minimum absolute atomic E-state index is 0.178. The van der Waals surface area contributed by atoms with Crippen LogP contribution < -0.4 is 10.6 Å². The molecule has 2 heterocycles. The predicted molar refractivity (Wildman–Crippen MR) is 74.7 cm³/mol. The number of ether oxygens (including phenoxy) is 1. The number of piperidine rings is 1. The number of aromatic nitrogens is 1. The van der Waals surface area contributed by atoms with Crippen LogP contribution in [0, 0.1) is 5.92 Å². The molecule has 1 amide bonds. The minimum atomic E-state index is -0.572. The number of esters is 1. The van der Waals surface area contributed by atoms with E-state index in [9.17, 15) is 9.59 Å². The average molecular weight is 298 g/mol. The Morgan fingerprint density at radius 3 is 2.90 bits per heavy atom. The summed E-state index contributed by atoms with van der Waals surface area (Å²) in [6.45, 7) is 1.27. The highest BCUT2D eigenvalue weighted by molar-refractivity contribution is 6.33. The van der Waals surface area contributed by atoms with Crippen molar-refractivity contribution in [3.05, 3.63) is 22.8 Å². The van der Waals surface area contributed by atoms with Crippen LogP contribution in [0.3, 0.4) is 0 Å². The summed E-state index contributed by atoms with van der Waals surface area (Å²) in [6.07, 6.45) is 3.04. The topological polar surface area (TPSA) is 85.5 Å². The Labute approximate surface area is 121 Å². The van der Waals surface area contributed by atoms with Gasteiger partial charge in [0, 0.05) is 19.3 Å². The van der Waals surface area contributed by atoms with E-state index in [1.165, 1.54) is 19.4 Å². The summed E-state index contributed by atoms with van der Waals surface area (Å²) in [7, 11) is 1.38. The minimum Gasteiger partial charge on any atom is -0.469 e. The van der Waals surface area contributed by atoms with Crippen molar-refractivity contribution in [1.82, 2.24) is 4.98 Å². The van der Waals surface area contributed by atoms with Crippen LogP contribution in [0.2, 0.25) is 5.02 Å². The Bertz CT molecular complexity index is 536. The molecule has 2 rings (SSSR count). The fourth-order valence-corrected chi connectivity index (χ4v) is 2.61. The van der Waals surface area contributed by atoms with Gasteiger partial charge in [0.1, 0.15) is 5.82 Å². The number of methoxy groups -OCH3 is 1. The van der Waals surface area contributed by atoms with E-state index >= 15 is 0 Å². The molecule has 1 atom stereocenters. The Balaban J connectivity index is 2.19. The molecule has 0 spiro atoms. The second-order valence-corrected chi connectivity index (χ2v) is 5.11. The molecule has 1 saturated heterocycles. The summed E-state index contributed by atoms with van der Waals surface area (Å²) >= 11 is 6.14. The van der Waals surface area contributed by atoms with Crippen molar-refractivity contribution in [2.24, 2.45) is 11.7 Å². The van der Waals surface area contributed by atoms with Crippen LogP contribution in [0.5, 0.6) is 0 Å². The first-order chi connectivity index (χ1) is 9.52. The maximum atomic E-state index is 11.6. The second kappa shape index (κ2) is 6.09. The fourth-order valence-electron chi connectivity index (χ4n) is 2.33. The smallest absolute Gasteiger partial charge is 0.310 e. The van der Waals surface area contributed by atoms with Gasteiger partial charge in [-0.3, -0.25) is 9.59 Å². The van der Waals surface area contributed by atoms with Gasteiger partial charge in [0.2, 0.25) is 5.91 Å². The van der Waals surface area contributed by atoms with Crippen molar-refractivity contribution in [1.29, 1.82) is 0 Å². The fraction of sp³-hybridized carbons (Fsp3) is 0.462. The Morgan fingerprint density at radius 2 is 2.30 bits per heavy atom. The van der Waals surface area contributed by atoms with Crippen molar-refractivity contribution in [2.45, 2.75) is 12.8 Å². The zero-order chi connectivity index (χ0) is 14.7. The number of amides is 1. The van der Waals surface area contributed by atoms with Crippen molar-refractivity contribution in [3.63, 3.8) is 0 Å². The summed E-state index contributed by atoms with van der Waals surface area (Å²) in [5.74, 6) is -0.413. The van der Waals surface area contributed by atoms with Crippen LogP contribution in [0.15, 0.2) is 12.3 Å². The van der Waals surface area contributed by atoms with Crippen LogP contribution >= 0.6 is 11.6 Å². The molecule has 0 unspecified atom stereocenters. The largest absolute Gasteiger partial charge is 0.469 e. The zero-order valence-corrected chi connectivity index (χ0v) is 11.9. The lowest BCUT2D eigenvalue weighted by atomic mass is 9.98. The third-order valence-corrected chi connectivity index (χ3v) is 3.64. The number of nitrogens with two attached hydrogens (primary N) is 1. The van der Waals surface area contributed by atoms with E-state index in [0.29, 0.717) is 17.4 Å². The van der Waals surface area contributed by atoms with E-state index in [-0.39, 0.29) is 17.5 Å². The molecule has 0 aromatic carbocycles. The molecular formula is C13H16ClN3O3. The molecule has 1 aromatic heterocycles. The van der Waals surface area contributed by atoms with Crippen LogP contribution in [0.4, 0.5) is 5.82 Å². The number of pyridine rings is 1. The number of rotatable bonds is 3. The van der Waals surface area contributed by atoms with E-state index < -0.39 is 5.91 Å². The zero-order valence-electron chi connectivity index (χ0n) is 11.1. The summed E-state index contributed by atoms with van der Waals surface area (Å²) in [5.41, 5.74) is 5.44. The third kappa shape index (κ3) is 3.01. The molecule has 6 nitrogen and oxygen atoms in total. The van der Waals surface area contributed by atoms with Gasteiger partial charge in [-0.15, -0.1) is 0 Å². The van der Waals surface area contributed by atoms with Gasteiger partial charge in [0.15, 0.2) is 0 Å². The summed E-state index contributed by atoms with van der Waals surface area (Å²) in [4.78, 5) is 28.8. The van der Waals surface area contributed by atoms with Crippen molar-refractivity contribution < 1.29 is 14.3 Å². The van der Waals surface area contributed by atoms with Crippen LogP contribution in [-0.4, -0.2) is 37.1 Å². The number of hydrogen-bond donors (Lipinski definition) is 1. The van der Waals surface area contributed by atoms with Gasteiger partial charge in [-0.1, -0.05) is 11.6 Å². The molecule has 1 aliphatic heterocycles. The number of anilines is 1. The first-order valence-corrected chi connectivity index (χ1v) is 6.69. The lowest BCUT2D eigenvalue weighted by Crippen LogP contribution is -2.39. The summed E-state index contributed by atoms with van der Waals surface area (Å²) < 4.78 is 4.77. The Morgan fingerprint density at radius 1 is 1.55 bits per heavy atom. The van der Waals surface area contributed by atoms with E-state index in [1.807, 2.05) is 4.90 Å². The molecule has 0 bridgehead atoms. The Kier molecular flexibility index (Phi) is 4.44. The van der Waals surface area contributed by atoms with Crippen molar-refractivity contribution in [2.75, 3.05) is 25.1 Å². The summed E-state index contributed by atoms with van der Waals surface area (Å²) in [5, 5.41) is 0.354. The van der Waals surface area contributed by atoms with E-state index in [2.05, 4.69) is 4.98 Å². The van der Waals surface area contributed by atoms with E-state index in [1.54, 1.807) is 0 Å². The highest BCUT2D eigenvalue weighted by Crippen LogP contribution is 2.28. The number of hydrogen-bond acceptors (Lipinski definition) is 5. The maximum Gasteiger partial charge on any atom is 0.310 e. The molecule has 7 heteroatoms. The summed E-state index contributed by atoms with van der Waals surface area (Å²) in [6, 6.07) is 1.49. The molecule has 1 fully saturated rings. The van der Waals surface area contributed by atoms with Crippen LogP contribution in [-0.2, 0) is 9.53 Å². The van der Waals surface area contributed by atoms with Gasteiger partial charge in [0.05, 0.1) is 23.6 Å². The van der Waals surface area contributed by atoms with Gasteiger partial charge in [0.25, 0.3) is 0 Å². The second-order valence-electron chi connectivity index (χ2n) is 4.70. The molecule has 0 saturated carbocycles. The predicted octanol–water partition coefficient (Wildman–Crippen LogP) is 1.22. The van der Waals surface area contributed by atoms with Crippen LogP contribution in [0.25, 0.3) is 0 Å². The molecular weight excluding hydrogens is 282 g/mol. The molecule has 1 aromatic rings. The Hall–Kier alpha value is -1.82. The van der Waals surface area contributed by atoms with Crippen molar-refractivity contribution >= 4 is 29.3 Å². The maximum absolute atomic E-state index is 11.6. The van der Waals surface area contributed by atoms with Gasteiger partial charge in [-0.2, -0.15) is 0 Å². The number of carbonyl (C=O) groups is 2. The quantitative estimate of drug-likeness (QED) is 0.848. The number of carbonyl (C=O) groups excluding carboxylic acids is 2. The first-order valence-electron chi connectivity index (χ1n) is 6.31. The van der Waals surface area contributed by atoms with Gasteiger partial charge in [-0.25, -0.2) is 4.98 Å². The van der Waals surface area contributed by atoms with E-state index in [4.69, 9.17) is 22.1 Å².